The van der Waals surface area contributed by atoms with Crippen LogP contribution in [0.3, 0.4) is 0 Å². The summed E-state index contributed by atoms with van der Waals surface area (Å²) in [6, 6.07) is 2.95. The molecule has 1 saturated heterocycles. The van der Waals surface area contributed by atoms with E-state index in [-0.39, 0.29) is 30.3 Å². The molecular formula is C19H26N4O3. The van der Waals surface area contributed by atoms with Gasteiger partial charge in [-0.3, -0.25) is 19.5 Å². The summed E-state index contributed by atoms with van der Waals surface area (Å²) in [6.07, 6.45) is 8.90. The van der Waals surface area contributed by atoms with Crippen molar-refractivity contribution >= 4 is 17.8 Å². The molecule has 0 spiro atoms. The molecule has 1 saturated carbocycles. The van der Waals surface area contributed by atoms with Crippen LogP contribution in [0.1, 0.15) is 44.1 Å². The SMILES string of the molecule is CN1C(=O)C(CC(=O)N(Cc2ccncc2)C2CCCCC2)N(C)C1=O. The molecule has 0 N–H and O–H groups in total. The van der Waals surface area contributed by atoms with E-state index in [0.717, 1.165) is 36.1 Å². The van der Waals surface area contributed by atoms with Gasteiger partial charge in [0, 0.05) is 39.1 Å². The highest BCUT2D eigenvalue weighted by Gasteiger charge is 2.42. The van der Waals surface area contributed by atoms with E-state index in [1.807, 2.05) is 17.0 Å². The fraction of sp³-hybridized carbons (Fsp3) is 0.579. The summed E-state index contributed by atoms with van der Waals surface area (Å²) in [5, 5.41) is 0. The predicted octanol–water partition coefficient (Wildman–Crippen LogP) is 2.03. The number of aromatic nitrogens is 1. The zero-order valence-electron chi connectivity index (χ0n) is 15.4. The average Bonchev–Trinajstić information content (AvgIpc) is 2.85. The third-order valence-corrected chi connectivity index (χ3v) is 5.48. The Morgan fingerprint density at radius 1 is 1.15 bits per heavy atom. The molecule has 7 heteroatoms. The van der Waals surface area contributed by atoms with Crippen LogP contribution >= 0.6 is 0 Å². The number of nitrogens with zero attached hydrogens (tertiary/aromatic N) is 4. The van der Waals surface area contributed by atoms with E-state index in [9.17, 15) is 14.4 Å². The molecule has 2 aliphatic rings. The van der Waals surface area contributed by atoms with Crippen LogP contribution in [0.5, 0.6) is 0 Å². The fourth-order valence-electron chi connectivity index (χ4n) is 3.86. The third kappa shape index (κ3) is 3.71. The van der Waals surface area contributed by atoms with Gasteiger partial charge in [0.1, 0.15) is 6.04 Å². The molecule has 1 aromatic rings. The molecule has 2 fully saturated rings. The minimum absolute atomic E-state index is 0.0347. The highest BCUT2D eigenvalue weighted by Crippen LogP contribution is 2.26. The summed E-state index contributed by atoms with van der Waals surface area (Å²) in [5.41, 5.74) is 1.03. The Hall–Kier alpha value is -2.44. The molecule has 0 aromatic carbocycles. The monoisotopic (exact) mass is 358 g/mol. The summed E-state index contributed by atoms with van der Waals surface area (Å²) >= 11 is 0. The van der Waals surface area contributed by atoms with Crippen LogP contribution in [-0.4, -0.2) is 63.7 Å². The van der Waals surface area contributed by atoms with Crippen molar-refractivity contribution in [2.75, 3.05) is 14.1 Å². The van der Waals surface area contributed by atoms with Crippen LogP contribution < -0.4 is 0 Å². The van der Waals surface area contributed by atoms with Gasteiger partial charge in [-0.2, -0.15) is 0 Å². The minimum Gasteiger partial charge on any atom is -0.335 e. The highest BCUT2D eigenvalue weighted by atomic mass is 16.2. The van der Waals surface area contributed by atoms with E-state index in [4.69, 9.17) is 0 Å². The predicted molar refractivity (Wildman–Crippen MR) is 96.0 cm³/mol. The molecule has 1 atom stereocenters. The number of amides is 4. The number of imide groups is 1. The van der Waals surface area contributed by atoms with E-state index in [1.54, 1.807) is 19.4 Å². The minimum atomic E-state index is -0.705. The molecular weight excluding hydrogens is 332 g/mol. The maximum absolute atomic E-state index is 13.1. The number of hydrogen-bond donors (Lipinski definition) is 0. The van der Waals surface area contributed by atoms with Crippen molar-refractivity contribution < 1.29 is 14.4 Å². The first-order chi connectivity index (χ1) is 12.5. The smallest absolute Gasteiger partial charge is 0.326 e. The van der Waals surface area contributed by atoms with Gasteiger partial charge in [0.05, 0.1) is 6.42 Å². The zero-order valence-corrected chi connectivity index (χ0v) is 15.4. The molecule has 4 amide bonds. The van der Waals surface area contributed by atoms with E-state index in [0.29, 0.717) is 6.54 Å². The lowest BCUT2D eigenvalue weighted by Crippen LogP contribution is -2.44. The number of carbonyl (C=O) groups excluding carboxylic acids is 3. The molecule has 1 aliphatic heterocycles. The summed E-state index contributed by atoms with van der Waals surface area (Å²) in [4.78, 5) is 45.8. The van der Waals surface area contributed by atoms with Gasteiger partial charge in [0.15, 0.2) is 0 Å². The molecule has 1 aromatic heterocycles. The van der Waals surface area contributed by atoms with Crippen molar-refractivity contribution in [2.45, 2.75) is 57.2 Å². The maximum atomic E-state index is 13.1. The van der Waals surface area contributed by atoms with E-state index < -0.39 is 6.04 Å². The highest BCUT2D eigenvalue weighted by molar-refractivity contribution is 6.05. The third-order valence-electron chi connectivity index (χ3n) is 5.48. The van der Waals surface area contributed by atoms with E-state index in [2.05, 4.69) is 4.98 Å². The van der Waals surface area contributed by atoms with Crippen LogP contribution in [0.4, 0.5) is 4.79 Å². The number of pyridine rings is 1. The lowest BCUT2D eigenvalue weighted by Gasteiger charge is -2.35. The van der Waals surface area contributed by atoms with Gasteiger partial charge in [0.25, 0.3) is 5.91 Å². The van der Waals surface area contributed by atoms with Crippen molar-refractivity contribution in [2.24, 2.45) is 0 Å². The van der Waals surface area contributed by atoms with Gasteiger partial charge in [0.2, 0.25) is 5.91 Å². The molecule has 1 aliphatic carbocycles. The Bertz CT molecular complexity index is 673. The van der Waals surface area contributed by atoms with Crippen molar-refractivity contribution in [3.63, 3.8) is 0 Å². The van der Waals surface area contributed by atoms with Gasteiger partial charge in [-0.1, -0.05) is 19.3 Å². The van der Waals surface area contributed by atoms with Gasteiger partial charge >= 0.3 is 6.03 Å². The number of likely N-dealkylation sites (N-methyl/N-ethyl adjacent to an activating group) is 2. The molecule has 7 nitrogen and oxygen atoms in total. The van der Waals surface area contributed by atoms with Gasteiger partial charge < -0.3 is 9.80 Å². The van der Waals surface area contributed by atoms with Gasteiger partial charge in [-0.05, 0) is 30.5 Å². The van der Waals surface area contributed by atoms with Crippen molar-refractivity contribution in [3.05, 3.63) is 30.1 Å². The van der Waals surface area contributed by atoms with Crippen molar-refractivity contribution in [3.8, 4) is 0 Å². The second-order valence-electron chi connectivity index (χ2n) is 7.18. The summed E-state index contributed by atoms with van der Waals surface area (Å²) < 4.78 is 0. The number of rotatable bonds is 5. The van der Waals surface area contributed by atoms with Crippen LogP contribution in [-0.2, 0) is 16.1 Å². The molecule has 2 heterocycles. The van der Waals surface area contributed by atoms with Crippen LogP contribution in [0, 0.1) is 0 Å². The summed E-state index contributed by atoms with van der Waals surface area (Å²) in [7, 11) is 3.04. The second kappa shape index (κ2) is 7.85. The maximum Gasteiger partial charge on any atom is 0.326 e. The Morgan fingerprint density at radius 2 is 1.81 bits per heavy atom. The Balaban J connectivity index is 1.76. The molecule has 0 bridgehead atoms. The van der Waals surface area contributed by atoms with E-state index >= 15 is 0 Å². The van der Waals surface area contributed by atoms with Crippen molar-refractivity contribution in [1.82, 2.24) is 19.7 Å². The lowest BCUT2D eigenvalue weighted by molar-refractivity contribution is -0.139. The molecule has 1 unspecified atom stereocenters. The van der Waals surface area contributed by atoms with E-state index in [1.165, 1.54) is 18.4 Å². The second-order valence-corrected chi connectivity index (χ2v) is 7.18. The molecule has 140 valence electrons. The fourth-order valence-corrected chi connectivity index (χ4v) is 3.86. The quantitative estimate of drug-likeness (QED) is 0.755. The van der Waals surface area contributed by atoms with Gasteiger partial charge in [-0.15, -0.1) is 0 Å². The normalized spacial score (nSPS) is 21.4. The van der Waals surface area contributed by atoms with Crippen LogP contribution in [0.2, 0.25) is 0 Å². The number of hydrogen-bond acceptors (Lipinski definition) is 4. The van der Waals surface area contributed by atoms with Crippen molar-refractivity contribution in [1.29, 1.82) is 0 Å². The molecule has 0 radical (unpaired) electrons. The first-order valence-electron chi connectivity index (χ1n) is 9.21. The lowest BCUT2D eigenvalue weighted by atomic mass is 9.93. The standard InChI is InChI=1S/C19H26N4O3/c1-21-16(18(25)22(2)19(21)26)12-17(24)23(15-6-4-3-5-7-15)13-14-8-10-20-11-9-14/h8-11,15-16H,3-7,12-13H2,1-2H3. The number of urea groups is 1. The van der Waals surface area contributed by atoms with Gasteiger partial charge in [-0.25, -0.2) is 4.79 Å². The Kier molecular flexibility index (Phi) is 5.54. The summed E-state index contributed by atoms with van der Waals surface area (Å²) in [6.45, 7) is 0.514. The van der Waals surface area contributed by atoms with Crippen LogP contribution in [0.25, 0.3) is 0 Å². The topological polar surface area (TPSA) is 73.8 Å². The largest absolute Gasteiger partial charge is 0.335 e. The molecule has 3 rings (SSSR count). The Labute approximate surface area is 154 Å². The molecule has 26 heavy (non-hydrogen) atoms. The number of carbonyl (C=O) groups is 3. The Morgan fingerprint density at radius 3 is 2.38 bits per heavy atom. The van der Waals surface area contributed by atoms with Crippen LogP contribution in [0.15, 0.2) is 24.5 Å². The average molecular weight is 358 g/mol. The zero-order chi connectivity index (χ0) is 18.7. The first-order valence-corrected chi connectivity index (χ1v) is 9.21. The first kappa shape index (κ1) is 18.4. The summed E-state index contributed by atoms with van der Waals surface area (Å²) in [5.74, 6) is -0.375.